The van der Waals surface area contributed by atoms with Gasteiger partial charge in [-0.2, -0.15) is 0 Å². The van der Waals surface area contributed by atoms with Crippen molar-refractivity contribution in [2.24, 2.45) is 0 Å². The molecule has 0 aromatic heterocycles. The second-order valence-electron chi connectivity index (χ2n) is 11.1. The molecule has 3 aromatic rings. The predicted molar refractivity (Wildman–Crippen MR) is 168 cm³/mol. The summed E-state index contributed by atoms with van der Waals surface area (Å²) < 4.78 is 26.1. The third-order valence-corrected chi connectivity index (χ3v) is 7.61. The fraction of sp³-hybridized carbons (Fsp3) is 0.486. The molecule has 4 heteroatoms. The first kappa shape index (κ1) is 32.4. The smallest absolute Gasteiger partial charge is 0.343 e. The fourth-order valence-electron chi connectivity index (χ4n) is 5.02. The Kier molecular flexibility index (Phi) is 15.1. The number of rotatable bonds is 20. The van der Waals surface area contributed by atoms with Crippen molar-refractivity contribution < 1.29 is 18.7 Å². The van der Waals surface area contributed by atoms with Crippen LogP contribution in [0.15, 0.2) is 66.7 Å². The van der Waals surface area contributed by atoms with E-state index in [0.29, 0.717) is 17.9 Å². The number of benzene rings is 3. The summed E-state index contributed by atoms with van der Waals surface area (Å²) >= 11 is 0. The summed E-state index contributed by atoms with van der Waals surface area (Å²) in [5.41, 5.74) is 2.89. The van der Waals surface area contributed by atoms with Gasteiger partial charge >= 0.3 is 5.97 Å². The Morgan fingerprint density at radius 1 is 0.610 bits per heavy atom. The normalized spacial score (nSPS) is 11.0. The minimum Gasteiger partial charge on any atom is -0.494 e. The molecule has 0 fully saturated rings. The summed E-state index contributed by atoms with van der Waals surface area (Å²) in [5, 5.41) is 0. The average Bonchev–Trinajstić information content (AvgIpc) is 2.99. The number of hydrogen-bond acceptors (Lipinski definition) is 3. The zero-order chi connectivity index (χ0) is 29.1. The lowest BCUT2D eigenvalue weighted by molar-refractivity contribution is 0.0734. The van der Waals surface area contributed by atoms with Gasteiger partial charge in [-0.3, -0.25) is 0 Å². The molecule has 3 nitrogen and oxygen atoms in total. The molecule has 3 aromatic carbocycles. The largest absolute Gasteiger partial charge is 0.494 e. The molecule has 41 heavy (non-hydrogen) atoms. The highest BCUT2D eigenvalue weighted by molar-refractivity contribution is 5.91. The van der Waals surface area contributed by atoms with Crippen molar-refractivity contribution in [1.29, 1.82) is 0 Å². The minimum absolute atomic E-state index is 0.160. The number of ether oxygens (including phenoxy) is 2. The highest BCUT2D eigenvalue weighted by Crippen LogP contribution is 2.25. The van der Waals surface area contributed by atoms with Crippen molar-refractivity contribution in [3.63, 3.8) is 0 Å². The summed E-state index contributed by atoms with van der Waals surface area (Å²) in [6.07, 6.45) is 18.1. The molecular formula is C37H49FO3. The third kappa shape index (κ3) is 12.1. The van der Waals surface area contributed by atoms with Crippen LogP contribution in [0, 0.1) is 5.82 Å². The monoisotopic (exact) mass is 560 g/mol. The third-order valence-electron chi connectivity index (χ3n) is 7.61. The van der Waals surface area contributed by atoms with E-state index in [9.17, 15) is 9.18 Å². The summed E-state index contributed by atoms with van der Waals surface area (Å²) in [4.78, 5) is 12.7. The van der Waals surface area contributed by atoms with Gasteiger partial charge in [-0.1, -0.05) is 115 Å². The maximum atomic E-state index is 14.8. The van der Waals surface area contributed by atoms with Gasteiger partial charge in [-0.15, -0.1) is 0 Å². The molecule has 3 rings (SSSR count). The Bertz CT molecular complexity index is 1140. The van der Waals surface area contributed by atoms with Gasteiger partial charge in [0, 0.05) is 0 Å². The van der Waals surface area contributed by atoms with Gasteiger partial charge < -0.3 is 9.47 Å². The number of aryl methyl sites for hydroxylation is 1. The first-order valence-electron chi connectivity index (χ1n) is 15.9. The van der Waals surface area contributed by atoms with Crippen LogP contribution in [0.2, 0.25) is 0 Å². The number of carbonyl (C=O) groups is 1. The Hall–Kier alpha value is -3.14. The van der Waals surface area contributed by atoms with Crippen LogP contribution >= 0.6 is 0 Å². The van der Waals surface area contributed by atoms with Gasteiger partial charge in [0.25, 0.3) is 0 Å². The van der Waals surface area contributed by atoms with Crippen LogP contribution in [-0.4, -0.2) is 12.6 Å². The Morgan fingerprint density at radius 2 is 1.15 bits per heavy atom. The van der Waals surface area contributed by atoms with E-state index in [-0.39, 0.29) is 5.82 Å². The van der Waals surface area contributed by atoms with Crippen molar-refractivity contribution in [1.82, 2.24) is 0 Å². The molecule has 0 heterocycles. The number of hydrogen-bond donors (Lipinski definition) is 0. The average molecular weight is 561 g/mol. The van der Waals surface area contributed by atoms with Gasteiger partial charge in [-0.25, -0.2) is 9.18 Å². The highest BCUT2D eigenvalue weighted by Gasteiger charge is 2.11. The molecule has 0 aliphatic rings. The SMILES string of the molecule is CCCCCCCCCOc1ccc(OC(=O)c2ccc(-c3ccc(CCCCCCCCC)c(F)c3)cc2)cc1. The molecule has 0 unspecified atom stereocenters. The number of carbonyl (C=O) groups excluding carboxylic acids is 1. The molecule has 222 valence electrons. The molecule has 0 aliphatic carbocycles. The lowest BCUT2D eigenvalue weighted by Gasteiger charge is -2.09. The molecule has 0 amide bonds. The van der Waals surface area contributed by atoms with E-state index < -0.39 is 5.97 Å². The first-order chi connectivity index (χ1) is 20.1. The van der Waals surface area contributed by atoms with Crippen LogP contribution in [0.5, 0.6) is 11.5 Å². The van der Waals surface area contributed by atoms with E-state index in [2.05, 4.69) is 13.8 Å². The Morgan fingerprint density at radius 3 is 1.76 bits per heavy atom. The topological polar surface area (TPSA) is 35.5 Å². The second kappa shape index (κ2) is 19.1. The summed E-state index contributed by atoms with van der Waals surface area (Å²) in [6.45, 7) is 5.16. The van der Waals surface area contributed by atoms with Gasteiger partial charge in [0.1, 0.15) is 17.3 Å². The van der Waals surface area contributed by atoms with E-state index in [1.54, 1.807) is 30.3 Å². The number of unbranched alkanes of at least 4 members (excludes halogenated alkanes) is 12. The molecule has 0 atom stereocenters. The Labute approximate surface area is 247 Å². The van der Waals surface area contributed by atoms with E-state index in [1.165, 1.54) is 70.6 Å². The minimum atomic E-state index is -0.426. The molecule has 0 saturated carbocycles. The van der Waals surface area contributed by atoms with Crippen LogP contribution in [-0.2, 0) is 6.42 Å². The standard InChI is InChI=1S/C37H49FO3/c1-3-5-7-9-11-13-15-17-31-20-23-33(29-36(31)38)30-18-21-32(22-19-30)37(39)41-35-26-24-34(25-27-35)40-28-16-14-12-10-8-6-4-2/h18-27,29H,3-17,28H2,1-2H3. The van der Waals surface area contributed by atoms with Crippen LogP contribution in [0.3, 0.4) is 0 Å². The lowest BCUT2D eigenvalue weighted by atomic mass is 9.99. The van der Waals surface area contributed by atoms with E-state index in [4.69, 9.17) is 9.47 Å². The van der Waals surface area contributed by atoms with Gasteiger partial charge in [0.15, 0.2) is 0 Å². The number of esters is 1. The maximum Gasteiger partial charge on any atom is 0.343 e. The molecule has 0 radical (unpaired) electrons. The van der Waals surface area contributed by atoms with Crippen molar-refractivity contribution >= 4 is 5.97 Å². The van der Waals surface area contributed by atoms with E-state index >= 15 is 0 Å². The molecule has 0 saturated heterocycles. The van der Waals surface area contributed by atoms with Gasteiger partial charge in [0.05, 0.1) is 12.2 Å². The van der Waals surface area contributed by atoms with Gasteiger partial charge in [0.2, 0.25) is 0 Å². The highest BCUT2D eigenvalue weighted by atomic mass is 19.1. The van der Waals surface area contributed by atoms with Crippen molar-refractivity contribution in [3.8, 4) is 22.6 Å². The Balaban J connectivity index is 1.41. The van der Waals surface area contributed by atoms with Crippen LogP contribution < -0.4 is 9.47 Å². The lowest BCUT2D eigenvalue weighted by Crippen LogP contribution is -2.08. The van der Waals surface area contributed by atoms with E-state index in [0.717, 1.165) is 48.1 Å². The molecule has 0 bridgehead atoms. The zero-order valence-electron chi connectivity index (χ0n) is 25.3. The zero-order valence-corrected chi connectivity index (χ0v) is 25.3. The molecular weight excluding hydrogens is 511 g/mol. The fourth-order valence-corrected chi connectivity index (χ4v) is 5.02. The first-order valence-corrected chi connectivity index (χ1v) is 15.9. The van der Waals surface area contributed by atoms with Crippen LogP contribution in [0.25, 0.3) is 11.1 Å². The van der Waals surface area contributed by atoms with Crippen molar-refractivity contribution in [2.45, 2.75) is 110 Å². The summed E-state index contributed by atoms with van der Waals surface area (Å²) in [6, 6.07) is 19.7. The van der Waals surface area contributed by atoms with Crippen LogP contribution in [0.1, 0.15) is 120 Å². The quantitative estimate of drug-likeness (QED) is 0.0783. The van der Waals surface area contributed by atoms with Crippen molar-refractivity contribution in [3.05, 3.63) is 83.7 Å². The number of halogens is 1. The second-order valence-corrected chi connectivity index (χ2v) is 11.1. The summed E-state index contributed by atoms with van der Waals surface area (Å²) in [7, 11) is 0. The van der Waals surface area contributed by atoms with Crippen LogP contribution in [0.4, 0.5) is 4.39 Å². The van der Waals surface area contributed by atoms with Gasteiger partial charge in [-0.05, 0) is 78.4 Å². The van der Waals surface area contributed by atoms with E-state index in [1.807, 2.05) is 36.4 Å². The molecule has 0 aliphatic heterocycles. The molecule has 0 spiro atoms. The summed E-state index contributed by atoms with van der Waals surface area (Å²) in [5.74, 6) is 0.665. The van der Waals surface area contributed by atoms with Crippen molar-refractivity contribution in [2.75, 3.05) is 6.61 Å². The molecule has 0 N–H and O–H groups in total. The predicted octanol–water partition coefficient (Wildman–Crippen LogP) is 11.1. The maximum absolute atomic E-state index is 14.8.